The van der Waals surface area contributed by atoms with Crippen molar-refractivity contribution < 1.29 is 13.6 Å². The summed E-state index contributed by atoms with van der Waals surface area (Å²) in [7, 11) is 0. The number of aromatic amines is 1. The fourth-order valence-electron chi connectivity index (χ4n) is 1.47. The maximum absolute atomic E-state index is 12.9. The van der Waals surface area contributed by atoms with Crippen molar-refractivity contribution in [2.75, 3.05) is 0 Å². The van der Waals surface area contributed by atoms with E-state index >= 15 is 0 Å². The van der Waals surface area contributed by atoms with Crippen LogP contribution in [0.2, 0.25) is 0 Å². The number of nitrogens with one attached hydrogen (secondary N) is 2. The van der Waals surface area contributed by atoms with Crippen molar-refractivity contribution in [2.45, 2.75) is 13.0 Å². The average Bonchev–Trinajstić information content (AvgIpc) is 2.84. The highest BCUT2D eigenvalue weighted by molar-refractivity contribution is 5.78. The quantitative estimate of drug-likeness (QED) is 0.866. The Morgan fingerprint density at radius 1 is 1.28 bits per heavy atom. The molecule has 2 rings (SSSR count). The minimum atomic E-state index is -0.949. The van der Waals surface area contributed by atoms with E-state index in [9.17, 15) is 13.6 Å². The summed E-state index contributed by atoms with van der Waals surface area (Å²) in [5.74, 6) is -2.13. The molecule has 1 aromatic carbocycles. The third kappa shape index (κ3) is 3.13. The monoisotopic (exact) mass is 251 g/mol. The highest BCUT2D eigenvalue weighted by Crippen LogP contribution is 2.09. The lowest BCUT2D eigenvalue weighted by atomic mass is 10.1. The number of amides is 1. The van der Waals surface area contributed by atoms with E-state index in [0.717, 1.165) is 17.7 Å². The molecular formula is C12H11F2N3O. The molecule has 2 N–H and O–H groups in total. The van der Waals surface area contributed by atoms with Crippen LogP contribution in [0.3, 0.4) is 0 Å². The van der Waals surface area contributed by atoms with E-state index in [2.05, 4.69) is 15.5 Å². The fraction of sp³-hybridized carbons (Fsp3) is 0.167. The van der Waals surface area contributed by atoms with E-state index in [1.165, 1.54) is 6.07 Å². The van der Waals surface area contributed by atoms with Crippen LogP contribution in [0.1, 0.15) is 11.1 Å². The van der Waals surface area contributed by atoms with Crippen LogP contribution in [0.4, 0.5) is 8.78 Å². The molecule has 94 valence electrons. The molecule has 0 atom stereocenters. The summed E-state index contributed by atoms with van der Waals surface area (Å²) in [5, 5.41) is 9.01. The normalized spacial score (nSPS) is 10.3. The Morgan fingerprint density at radius 3 is 2.78 bits per heavy atom. The van der Waals surface area contributed by atoms with Crippen molar-refractivity contribution >= 4 is 5.91 Å². The van der Waals surface area contributed by atoms with Gasteiger partial charge >= 0.3 is 0 Å². The maximum Gasteiger partial charge on any atom is 0.224 e. The number of H-pyrrole nitrogens is 1. The zero-order chi connectivity index (χ0) is 13.0. The summed E-state index contributed by atoms with van der Waals surface area (Å²) in [6.45, 7) is 0.346. The number of nitrogens with zero attached hydrogens (tertiary/aromatic N) is 1. The zero-order valence-electron chi connectivity index (χ0n) is 9.41. The van der Waals surface area contributed by atoms with Gasteiger partial charge in [-0.15, -0.1) is 0 Å². The number of hydrogen-bond donors (Lipinski definition) is 2. The predicted molar refractivity (Wildman–Crippen MR) is 60.5 cm³/mol. The summed E-state index contributed by atoms with van der Waals surface area (Å²) in [4.78, 5) is 11.5. The molecule has 4 nitrogen and oxygen atoms in total. The smallest absolute Gasteiger partial charge is 0.224 e. The van der Waals surface area contributed by atoms with Gasteiger partial charge in [0.15, 0.2) is 11.6 Å². The molecule has 0 bridgehead atoms. The second-order valence-corrected chi connectivity index (χ2v) is 3.81. The molecule has 18 heavy (non-hydrogen) atoms. The van der Waals surface area contributed by atoms with Crippen molar-refractivity contribution in [3.05, 3.63) is 53.4 Å². The third-order valence-electron chi connectivity index (χ3n) is 2.39. The molecule has 0 fully saturated rings. The Labute approximate surface area is 102 Å². The van der Waals surface area contributed by atoms with Gasteiger partial charge in [0, 0.05) is 18.3 Å². The molecule has 1 aromatic heterocycles. The minimum absolute atomic E-state index is 0.00898. The van der Waals surface area contributed by atoms with Gasteiger partial charge in [-0.1, -0.05) is 6.07 Å². The largest absolute Gasteiger partial charge is 0.352 e. The van der Waals surface area contributed by atoms with Crippen LogP contribution < -0.4 is 5.32 Å². The summed E-state index contributed by atoms with van der Waals surface area (Å²) in [6.07, 6.45) is 3.27. The van der Waals surface area contributed by atoms with Crippen LogP contribution in [0.15, 0.2) is 30.6 Å². The second-order valence-electron chi connectivity index (χ2n) is 3.81. The Kier molecular flexibility index (Phi) is 3.66. The lowest BCUT2D eigenvalue weighted by molar-refractivity contribution is -0.120. The Hall–Kier alpha value is -2.24. The summed E-state index contributed by atoms with van der Waals surface area (Å²) >= 11 is 0. The molecule has 6 heteroatoms. The number of carbonyl (C=O) groups excluding carboxylic acids is 1. The van der Waals surface area contributed by atoms with Gasteiger partial charge in [-0.25, -0.2) is 8.78 Å². The number of aromatic nitrogens is 2. The maximum atomic E-state index is 12.9. The van der Waals surface area contributed by atoms with Crippen LogP contribution >= 0.6 is 0 Å². The summed E-state index contributed by atoms with van der Waals surface area (Å²) < 4.78 is 25.6. The predicted octanol–water partition coefficient (Wildman–Crippen LogP) is 1.55. The Morgan fingerprint density at radius 2 is 2.11 bits per heavy atom. The standard InChI is InChI=1S/C12H11F2N3O/c13-10-2-1-8(3-11(10)14)4-12(18)15-5-9-6-16-17-7-9/h1-3,6-7H,4-5H2,(H,15,18)(H,16,17). The zero-order valence-corrected chi connectivity index (χ0v) is 9.41. The summed E-state index contributed by atoms with van der Waals surface area (Å²) in [6, 6.07) is 3.41. The van der Waals surface area contributed by atoms with E-state index in [1.807, 2.05) is 0 Å². The van der Waals surface area contributed by atoms with Crippen LogP contribution in [-0.4, -0.2) is 16.1 Å². The van der Waals surface area contributed by atoms with Gasteiger partial charge in [0.2, 0.25) is 5.91 Å². The van der Waals surface area contributed by atoms with Crippen molar-refractivity contribution in [2.24, 2.45) is 0 Å². The number of halogens is 2. The minimum Gasteiger partial charge on any atom is -0.352 e. The highest BCUT2D eigenvalue weighted by atomic mass is 19.2. The van der Waals surface area contributed by atoms with Crippen molar-refractivity contribution in [3.63, 3.8) is 0 Å². The van der Waals surface area contributed by atoms with Crippen LogP contribution in [-0.2, 0) is 17.8 Å². The number of rotatable bonds is 4. The molecule has 0 radical (unpaired) electrons. The lowest BCUT2D eigenvalue weighted by Crippen LogP contribution is -2.24. The fourth-order valence-corrected chi connectivity index (χ4v) is 1.47. The SMILES string of the molecule is O=C(Cc1ccc(F)c(F)c1)NCc1cn[nH]c1. The van der Waals surface area contributed by atoms with Gasteiger partial charge in [0.25, 0.3) is 0 Å². The van der Waals surface area contributed by atoms with E-state index in [-0.39, 0.29) is 12.3 Å². The topological polar surface area (TPSA) is 57.8 Å². The molecule has 0 unspecified atom stereocenters. The van der Waals surface area contributed by atoms with E-state index in [4.69, 9.17) is 0 Å². The third-order valence-corrected chi connectivity index (χ3v) is 2.39. The Balaban J connectivity index is 1.88. The first-order chi connectivity index (χ1) is 8.65. The second kappa shape index (κ2) is 5.39. The van der Waals surface area contributed by atoms with Crippen molar-refractivity contribution in [3.8, 4) is 0 Å². The molecule has 0 aliphatic heterocycles. The van der Waals surface area contributed by atoms with E-state index in [0.29, 0.717) is 12.1 Å². The number of carbonyl (C=O) groups is 1. The molecule has 0 aliphatic carbocycles. The molecule has 0 spiro atoms. The van der Waals surface area contributed by atoms with Gasteiger partial charge in [-0.05, 0) is 17.7 Å². The number of hydrogen-bond acceptors (Lipinski definition) is 2. The molecule has 0 saturated heterocycles. The highest BCUT2D eigenvalue weighted by Gasteiger charge is 2.07. The molecule has 0 saturated carbocycles. The molecule has 0 aliphatic rings. The van der Waals surface area contributed by atoms with Crippen LogP contribution in [0.25, 0.3) is 0 Å². The van der Waals surface area contributed by atoms with Crippen molar-refractivity contribution in [1.82, 2.24) is 15.5 Å². The van der Waals surface area contributed by atoms with E-state index in [1.54, 1.807) is 12.4 Å². The average molecular weight is 251 g/mol. The molecule has 1 amide bonds. The van der Waals surface area contributed by atoms with Gasteiger partial charge in [0.05, 0.1) is 12.6 Å². The van der Waals surface area contributed by atoms with Gasteiger partial charge in [-0.3, -0.25) is 9.89 Å². The van der Waals surface area contributed by atoms with Crippen molar-refractivity contribution in [1.29, 1.82) is 0 Å². The van der Waals surface area contributed by atoms with Gasteiger partial charge < -0.3 is 5.32 Å². The molecule has 2 aromatic rings. The summed E-state index contributed by atoms with van der Waals surface area (Å²) in [5.41, 5.74) is 1.27. The first kappa shape index (κ1) is 12.2. The van der Waals surface area contributed by atoms with Crippen LogP contribution in [0.5, 0.6) is 0 Å². The first-order valence-electron chi connectivity index (χ1n) is 5.33. The van der Waals surface area contributed by atoms with E-state index < -0.39 is 11.6 Å². The van der Waals surface area contributed by atoms with Gasteiger partial charge in [0.1, 0.15) is 0 Å². The Bertz CT molecular complexity index is 540. The van der Waals surface area contributed by atoms with Crippen LogP contribution in [0, 0.1) is 11.6 Å². The lowest BCUT2D eigenvalue weighted by Gasteiger charge is -2.04. The first-order valence-corrected chi connectivity index (χ1v) is 5.33. The number of benzene rings is 1. The molecule has 1 heterocycles. The van der Waals surface area contributed by atoms with Gasteiger partial charge in [-0.2, -0.15) is 5.10 Å². The molecular weight excluding hydrogens is 240 g/mol.